The Morgan fingerprint density at radius 1 is 1.30 bits per heavy atom. The zero-order chi connectivity index (χ0) is 21.1. The molecule has 3 aromatic rings. The van der Waals surface area contributed by atoms with Crippen molar-refractivity contribution >= 4 is 23.0 Å². The molecule has 1 fully saturated rings. The predicted octanol–water partition coefficient (Wildman–Crippen LogP) is 3.31. The minimum absolute atomic E-state index is 0.195. The Labute approximate surface area is 174 Å². The first-order valence-corrected chi connectivity index (χ1v) is 9.77. The van der Waals surface area contributed by atoms with E-state index < -0.39 is 12.1 Å². The lowest BCUT2D eigenvalue weighted by atomic mass is 10.1. The van der Waals surface area contributed by atoms with E-state index >= 15 is 0 Å². The third-order valence-corrected chi connectivity index (χ3v) is 5.35. The first-order valence-electron chi connectivity index (χ1n) is 9.77. The number of nitrogens with zero attached hydrogens (tertiary/aromatic N) is 2. The van der Waals surface area contributed by atoms with Gasteiger partial charge in [0.2, 0.25) is 0 Å². The van der Waals surface area contributed by atoms with E-state index in [0.29, 0.717) is 12.1 Å². The number of rotatable bonds is 4. The number of aromatic nitrogens is 2. The third kappa shape index (κ3) is 3.72. The average molecular weight is 402 g/mol. The topological polar surface area (TPSA) is 87.3 Å². The third-order valence-electron chi connectivity index (χ3n) is 5.35. The zero-order valence-corrected chi connectivity index (χ0v) is 16.6. The van der Waals surface area contributed by atoms with Gasteiger partial charge in [-0.05, 0) is 36.6 Å². The fourth-order valence-corrected chi connectivity index (χ4v) is 3.87. The molecule has 2 aromatic carbocycles. The SMILES string of the molecule is C#Cc1ccc2nc(C3CCCN3C(=O)C(NC(=O)OC)c3ccccc3)[nH]c2c1. The Morgan fingerprint density at radius 3 is 2.83 bits per heavy atom. The smallest absolute Gasteiger partial charge is 0.407 e. The number of H-pyrrole nitrogens is 1. The van der Waals surface area contributed by atoms with Gasteiger partial charge in [0, 0.05) is 12.1 Å². The van der Waals surface area contributed by atoms with Crippen LogP contribution in [-0.4, -0.2) is 40.5 Å². The highest BCUT2D eigenvalue weighted by molar-refractivity contribution is 5.87. The normalized spacial score (nSPS) is 16.8. The lowest BCUT2D eigenvalue weighted by Gasteiger charge is -2.28. The number of benzene rings is 2. The molecular formula is C23H22N4O3. The number of terminal acetylenes is 1. The van der Waals surface area contributed by atoms with E-state index in [1.165, 1.54) is 7.11 Å². The van der Waals surface area contributed by atoms with Gasteiger partial charge >= 0.3 is 6.09 Å². The molecule has 2 N–H and O–H groups in total. The Morgan fingerprint density at radius 2 is 2.10 bits per heavy atom. The average Bonchev–Trinajstić information content (AvgIpc) is 3.43. The number of ether oxygens (including phenoxy) is 1. The molecular weight excluding hydrogens is 380 g/mol. The van der Waals surface area contributed by atoms with Gasteiger partial charge < -0.3 is 19.9 Å². The highest BCUT2D eigenvalue weighted by Gasteiger charge is 2.37. The van der Waals surface area contributed by atoms with Gasteiger partial charge in [0.15, 0.2) is 0 Å². The van der Waals surface area contributed by atoms with Crippen LogP contribution >= 0.6 is 0 Å². The van der Waals surface area contributed by atoms with Crippen molar-refractivity contribution in [1.29, 1.82) is 0 Å². The van der Waals surface area contributed by atoms with Crippen LogP contribution in [0.15, 0.2) is 48.5 Å². The summed E-state index contributed by atoms with van der Waals surface area (Å²) in [5.74, 6) is 3.14. The van der Waals surface area contributed by atoms with E-state index in [2.05, 4.69) is 21.2 Å². The first-order chi connectivity index (χ1) is 14.6. The van der Waals surface area contributed by atoms with Crippen LogP contribution in [0.5, 0.6) is 0 Å². The van der Waals surface area contributed by atoms with E-state index in [1.54, 1.807) is 4.90 Å². The molecule has 30 heavy (non-hydrogen) atoms. The van der Waals surface area contributed by atoms with E-state index in [0.717, 1.165) is 35.3 Å². The molecule has 1 aliphatic heterocycles. The number of carbonyl (C=O) groups excluding carboxylic acids is 2. The van der Waals surface area contributed by atoms with Crippen LogP contribution in [0.3, 0.4) is 0 Å². The minimum Gasteiger partial charge on any atom is -0.453 e. The number of methoxy groups -OCH3 is 1. The van der Waals surface area contributed by atoms with Crippen molar-refractivity contribution in [3.8, 4) is 12.3 Å². The van der Waals surface area contributed by atoms with Crippen LogP contribution in [-0.2, 0) is 9.53 Å². The van der Waals surface area contributed by atoms with Gasteiger partial charge in [-0.25, -0.2) is 9.78 Å². The molecule has 0 bridgehead atoms. The maximum Gasteiger partial charge on any atom is 0.407 e. The molecule has 152 valence electrons. The molecule has 0 spiro atoms. The number of likely N-dealkylation sites (tertiary alicyclic amines) is 1. The van der Waals surface area contributed by atoms with Crippen LogP contribution in [0.2, 0.25) is 0 Å². The van der Waals surface area contributed by atoms with E-state index in [-0.39, 0.29) is 11.9 Å². The molecule has 1 saturated heterocycles. The summed E-state index contributed by atoms with van der Waals surface area (Å²) in [6.07, 6.45) is 6.47. The first kappa shape index (κ1) is 19.5. The van der Waals surface area contributed by atoms with Crippen LogP contribution < -0.4 is 5.32 Å². The Hall–Kier alpha value is -3.79. The number of aromatic amines is 1. The van der Waals surface area contributed by atoms with Crippen LogP contribution in [0.4, 0.5) is 4.79 Å². The number of carbonyl (C=O) groups is 2. The molecule has 1 aliphatic rings. The number of nitrogens with one attached hydrogen (secondary N) is 2. The van der Waals surface area contributed by atoms with Crippen molar-refractivity contribution in [2.24, 2.45) is 0 Å². The Bertz CT molecular complexity index is 1120. The molecule has 2 atom stereocenters. The fraction of sp³-hybridized carbons (Fsp3) is 0.261. The number of imidazole rings is 1. The van der Waals surface area contributed by atoms with Crippen molar-refractivity contribution in [3.63, 3.8) is 0 Å². The van der Waals surface area contributed by atoms with E-state index in [1.807, 2.05) is 48.5 Å². The highest BCUT2D eigenvalue weighted by atomic mass is 16.5. The quantitative estimate of drug-likeness (QED) is 0.656. The second-order valence-electron chi connectivity index (χ2n) is 7.17. The van der Waals surface area contributed by atoms with Crippen molar-refractivity contribution in [3.05, 3.63) is 65.5 Å². The zero-order valence-electron chi connectivity index (χ0n) is 16.6. The molecule has 4 rings (SSSR count). The number of alkyl carbamates (subject to hydrolysis) is 1. The van der Waals surface area contributed by atoms with Crippen molar-refractivity contribution < 1.29 is 14.3 Å². The van der Waals surface area contributed by atoms with E-state index in [9.17, 15) is 9.59 Å². The molecule has 2 amide bonds. The monoisotopic (exact) mass is 402 g/mol. The molecule has 7 heteroatoms. The molecule has 7 nitrogen and oxygen atoms in total. The Balaban J connectivity index is 1.65. The van der Waals surface area contributed by atoms with Crippen LogP contribution in [0.1, 0.15) is 41.9 Å². The van der Waals surface area contributed by atoms with Gasteiger partial charge in [0.25, 0.3) is 5.91 Å². The number of hydrogen-bond donors (Lipinski definition) is 2. The summed E-state index contributed by atoms with van der Waals surface area (Å²) in [5.41, 5.74) is 3.10. The summed E-state index contributed by atoms with van der Waals surface area (Å²) >= 11 is 0. The number of amides is 2. The van der Waals surface area contributed by atoms with Crippen molar-refractivity contribution in [2.45, 2.75) is 24.9 Å². The molecule has 2 heterocycles. The summed E-state index contributed by atoms with van der Waals surface area (Å²) in [7, 11) is 1.28. The lowest BCUT2D eigenvalue weighted by molar-refractivity contribution is -0.134. The Kier molecular flexibility index (Phi) is 5.40. The predicted molar refractivity (Wildman–Crippen MR) is 112 cm³/mol. The largest absolute Gasteiger partial charge is 0.453 e. The summed E-state index contributed by atoms with van der Waals surface area (Å²) in [5, 5.41) is 2.67. The summed E-state index contributed by atoms with van der Waals surface area (Å²) < 4.78 is 4.73. The summed E-state index contributed by atoms with van der Waals surface area (Å²) in [6.45, 7) is 0.586. The van der Waals surface area contributed by atoms with Crippen LogP contribution in [0.25, 0.3) is 11.0 Å². The summed E-state index contributed by atoms with van der Waals surface area (Å²) in [4.78, 5) is 35.2. The second kappa shape index (κ2) is 8.29. The maximum atomic E-state index is 13.5. The van der Waals surface area contributed by atoms with Gasteiger partial charge in [0.05, 0.1) is 24.2 Å². The summed E-state index contributed by atoms with van der Waals surface area (Å²) in [6, 6.07) is 13.7. The standard InChI is InChI=1S/C23H22N4O3/c1-3-15-11-12-17-18(14-15)25-21(24-17)19-10-7-13-27(19)22(28)20(26-23(29)30-2)16-8-5-4-6-9-16/h1,4-6,8-9,11-12,14,19-20H,7,10,13H2,2H3,(H,24,25)(H,26,29). The van der Waals surface area contributed by atoms with Gasteiger partial charge in [-0.15, -0.1) is 6.42 Å². The maximum absolute atomic E-state index is 13.5. The molecule has 0 saturated carbocycles. The van der Waals surface area contributed by atoms with E-state index in [4.69, 9.17) is 11.2 Å². The fourth-order valence-electron chi connectivity index (χ4n) is 3.87. The minimum atomic E-state index is -0.836. The van der Waals surface area contributed by atoms with Crippen molar-refractivity contribution in [1.82, 2.24) is 20.2 Å². The van der Waals surface area contributed by atoms with Gasteiger partial charge in [-0.2, -0.15) is 0 Å². The lowest BCUT2D eigenvalue weighted by Crippen LogP contribution is -2.42. The van der Waals surface area contributed by atoms with Gasteiger partial charge in [-0.1, -0.05) is 36.3 Å². The second-order valence-corrected chi connectivity index (χ2v) is 7.17. The van der Waals surface area contributed by atoms with Gasteiger partial charge in [-0.3, -0.25) is 4.79 Å². The molecule has 1 aromatic heterocycles. The number of fused-ring (bicyclic) bond motifs is 1. The van der Waals surface area contributed by atoms with Gasteiger partial charge in [0.1, 0.15) is 11.9 Å². The van der Waals surface area contributed by atoms with Crippen LogP contribution in [0, 0.1) is 12.3 Å². The number of hydrogen-bond acceptors (Lipinski definition) is 4. The van der Waals surface area contributed by atoms with Crippen molar-refractivity contribution in [2.75, 3.05) is 13.7 Å². The molecule has 0 radical (unpaired) electrons. The molecule has 2 unspecified atom stereocenters. The highest BCUT2D eigenvalue weighted by Crippen LogP contribution is 2.34. The molecule has 0 aliphatic carbocycles.